The van der Waals surface area contributed by atoms with E-state index in [4.69, 9.17) is 10.5 Å². The first-order valence-electron chi connectivity index (χ1n) is 14.6. The molecule has 45 heavy (non-hydrogen) atoms. The normalized spacial score (nSPS) is 11.6. The van der Waals surface area contributed by atoms with E-state index in [1.807, 2.05) is 18.2 Å². The van der Waals surface area contributed by atoms with Crippen LogP contribution in [0.15, 0.2) is 119 Å². The Bertz CT molecular complexity index is 1540. The van der Waals surface area contributed by atoms with Crippen molar-refractivity contribution in [3.05, 3.63) is 149 Å². The van der Waals surface area contributed by atoms with Crippen LogP contribution in [0.3, 0.4) is 0 Å². The van der Waals surface area contributed by atoms with Gasteiger partial charge in [-0.15, -0.1) is 0 Å². The second-order valence-corrected chi connectivity index (χ2v) is 9.86. The first kappa shape index (κ1) is 38.1. The molecule has 0 saturated carbocycles. The summed E-state index contributed by atoms with van der Waals surface area (Å²) in [5.41, 5.74) is 12.0. The number of halogens is 2. The van der Waals surface area contributed by atoms with Gasteiger partial charge in [-0.3, -0.25) is 14.8 Å². The van der Waals surface area contributed by atoms with Crippen LogP contribution in [-0.2, 0) is 11.2 Å². The Morgan fingerprint density at radius 2 is 1.58 bits per heavy atom. The lowest BCUT2D eigenvalue weighted by Crippen LogP contribution is -2.10. The highest BCUT2D eigenvalue weighted by Crippen LogP contribution is 2.18. The number of hydrogen-bond acceptors (Lipinski definition) is 4. The number of ether oxygens (including phenoxy) is 1. The standard InChI is InChI=1S/C15H16F2N2.C14H18O.C9H11NO/c1-5-14(10(2)9-18-4)19-11(3)12-7-6-8-13(16)15(12)17;1-5-14(15-4)10-12(3)13-8-6-11(2)7-9-13;1-2-7-3-5-8(6-4-7)9(10)11/h5-9H,2H2,1,3-4H3;6-10H,3,5H2,1-2,4H3;3-6H,2H2,1H3,(H2,10,11)/b14-5+,18-9?,19-11?;14-10-;. The van der Waals surface area contributed by atoms with E-state index in [-0.39, 0.29) is 11.5 Å². The molecule has 0 aliphatic heterocycles. The molecule has 0 heterocycles. The SMILES string of the molecule is C=C(/C=C(/CC)OC)c1ccc(C)cc1.C=C(C=NC)/C(=C\C)N=C(C)c1cccc(F)c1F.CCc1ccc(C(N)=O)cc1. The van der Waals surface area contributed by atoms with E-state index in [2.05, 4.69) is 68.2 Å². The van der Waals surface area contributed by atoms with Gasteiger partial charge in [-0.05, 0) is 74.2 Å². The maximum Gasteiger partial charge on any atom is 0.248 e. The fraction of sp³-hybridized carbons (Fsp3) is 0.237. The van der Waals surface area contributed by atoms with Crippen LogP contribution in [0.2, 0.25) is 0 Å². The second-order valence-electron chi connectivity index (χ2n) is 9.86. The van der Waals surface area contributed by atoms with E-state index < -0.39 is 11.6 Å². The molecule has 0 bridgehead atoms. The van der Waals surface area contributed by atoms with Gasteiger partial charge >= 0.3 is 0 Å². The Balaban J connectivity index is 0.000000350. The van der Waals surface area contributed by atoms with Crippen molar-refractivity contribution in [1.82, 2.24) is 0 Å². The zero-order chi connectivity index (χ0) is 33.9. The monoisotopic (exact) mass is 613 g/mol. The highest BCUT2D eigenvalue weighted by molar-refractivity contribution is 6.00. The smallest absolute Gasteiger partial charge is 0.248 e. The Morgan fingerprint density at radius 3 is 2.07 bits per heavy atom. The number of allylic oxidation sites excluding steroid dienone is 5. The van der Waals surface area contributed by atoms with Crippen molar-refractivity contribution >= 4 is 23.4 Å². The molecule has 3 aromatic carbocycles. The number of hydrogen-bond donors (Lipinski definition) is 1. The van der Waals surface area contributed by atoms with Gasteiger partial charge in [-0.2, -0.15) is 0 Å². The molecule has 0 saturated heterocycles. The maximum atomic E-state index is 13.6. The minimum atomic E-state index is -0.894. The topological polar surface area (TPSA) is 77.0 Å². The average molecular weight is 614 g/mol. The lowest BCUT2D eigenvalue weighted by molar-refractivity contribution is 0.1000. The van der Waals surface area contributed by atoms with Crippen LogP contribution in [0.4, 0.5) is 8.78 Å². The van der Waals surface area contributed by atoms with Crippen molar-refractivity contribution in [1.29, 1.82) is 0 Å². The predicted octanol–water partition coefficient (Wildman–Crippen LogP) is 9.23. The highest BCUT2D eigenvalue weighted by atomic mass is 19.2. The summed E-state index contributed by atoms with van der Waals surface area (Å²) in [5, 5.41) is 0. The van der Waals surface area contributed by atoms with E-state index in [0.717, 1.165) is 35.8 Å². The molecule has 0 unspecified atom stereocenters. The van der Waals surface area contributed by atoms with Gasteiger partial charge in [-0.25, -0.2) is 8.78 Å². The zero-order valence-corrected chi connectivity index (χ0v) is 27.5. The molecule has 0 radical (unpaired) electrons. The summed E-state index contributed by atoms with van der Waals surface area (Å²) >= 11 is 0. The molecule has 3 rings (SSSR count). The highest BCUT2D eigenvalue weighted by Gasteiger charge is 2.10. The van der Waals surface area contributed by atoms with Gasteiger partial charge in [0, 0.05) is 42.1 Å². The number of rotatable bonds is 10. The van der Waals surface area contributed by atoms with E-state index in [9.17, 15) is 13.6 Å². The number of nitrogens with two attached hydrogens (primary N) is 1. The van der Waals surface area contributed by atoms with Crippen molar-refractivity contribution in [2.24, 2.45) is 15.7 Å². The number of amides is 1. The number of nitrogens with zero attached hydrogens (tertiary/aromatic N) is 2. The second kappa shape index (κ2) is 20.1. The number of primary amides is 1. The third kappa shape index (κ3) is 13.1. The number of aliphatic imine (C=N–C) groups is 2. The lowest BCUT2D eigenvalue weighted by atomic mass is 10.0. The van der Waals surface area contributed by atoms with Gasteiger partial charge in [-0.1, -0.05) is 81.1 Å². The molecule has 0 aliphatic rings. The fourth-order valence-corrected chi connectivity index (χ4v) is 3.82. The molecule has 0 aromatic heterocycles. The van der Waals surface area contributed by atoms with E-state index in [1.165, 1.54) is 23.3 Å². The Morgan fingerprint density at radius 1 is 0.978 bits per heavy atom. The summed E-state index contributed by atoms with van der Waals surface area (Å²) in [5.74, 6) is -1.19. The lowest BCUT2D eigenvalue weighted by Gasteiger charge is -2.06. The Kier molecular flexibility index (Phi) is 17.0. The van der Waals surface area contributed by atoms with Crippen LogP contribution < -0.4 is 5.73 Å². The number of methoxy groups -OCH3 is 1. The molecule has 7 heteroatoms. The minimum absolute atomic E-state index is 0.139. The molecule has 2 N–H and O–H groups in total. The molecule has 0 spiro atoms. The van der Waals surface area contributed by atoms with Crippen molar-refractivity contribution in [2.45, 2.75) is 47.5 Å². The molecule has 0 atom stereocenters. The van der Waals surface area contributed by atoms with E-state index in [0.29, 0.717) is 22.5 Å². The third-order valence-electron chi connectivity index (χ3n) is 6.53. The van der Waals surface area contributed by atoms with E-state index >= 15 is 0 Å². The van der Waals surface area contributed by atoms with Crippen molar-refractivity contribution in [2.75, 3.05) is 14.2 Å². The largest absolute Gasteiger partial charge is 0.501 e. The molecule has 0 aliphatic carbocycles. The maximum absolute atomic E-state index is 13.6. The van der Waals surface area contributed by atoms with Crippen LogP contribution in [0.5, 0.6) is 0 Å². The van der Waals surface area contributed by atoms with Gasteiger partial charge in [0.25, 0.3) is 0 Å². The van der Waals surface area contributed by atoms with Crippen molar-refractivity contribution in [3.63, 3.8) is 0 Å². The summed E-state index contributed by atoms with van der Waals surface area (Å²) in [7, 11) is 3.32. The molecule has 238 valence electrons. The summed E-state index contributed by atoms with van der Waals surface area (Å²) in [4.78, 5) is 18.7. The van der Waals surface area contributed by atoms with Crippen LogP contribution in [0.25, 0.3) is 5.57 Å². The fourth-order valence-electron chi connectivity index (χ4n) is 3.82. The number of benzene rings is 3. The number of carbonyl (C=O) groups is 1. The van der Waals surface area contributed by atoms with Crippen LogP contribution >= 0.6 is 0 Å². The Hall–Kier alpha value is -4.91. The quantitative estimate of drug-likeness (QED) is 0.141. The van der Waals surface area contributed by atoms with Crippen molar-refractivity contribution in [3.8, 4) is 0 Å². The first-order valence-corrected chi connectivity index (χ1v) is 14.6. The average Bonchev–Trinajstić information content (AvgIpc) is 3.04. The third-order valence-corrected chi connectivity index (χ3v) is 6.53. The van der Waals surface area contributed by atoms with Crippen LogP contribution in [-0.4, -0.2) is 32.0 Å². The van der Waals surface area contributed by atoms with Crippen LogP contribution in [0.1, 0.15) is 66.7 Å². The summed E-state index contributed by atoms with van der Waals surface area (Å²) in [6.45, 7) is 17.5. The first-order chi connectivity index (χ1) is 21.4. The number of aryl methyl sites for hydroxylation is 2. The predicted molar refractivity (Wildman–Crippen MR) is 186 cm³/mol. The Labute approximate surface area is 267 Å². The molecule has 1 amide bonds. The van der Waals surface area contributed by atoms with Gasteiger partial charge in [0.15, 0.2) is 11.6 Å². The van der Waals surface area contributed by atoms with Gasteiger partial charge in [0.1, 0.15) is 0 Å². The summed E-state index contributed by atoms with van der Waals surface area (Å²) in [6, 6.07) is 19.7. The molecule has 3 aromatic rings. The van der Waals surface area contributed by atoms with Crippen LogP contribution in [0, 0.1) is 18.6 Å². The van der Waals surface area contributed by atoms with Gasteiger partial charge < -0.3 is 10.5 Å². The van der Waals surface area contributed by atoms with Crippen molar-refractivity contribution < 1.29 is 18.3 Å². The van der Waals surface area contributed by atoms with E-state index in [1.54, 1.807) is 52.4 Å². The molecule has 0 fully saturated rings. The summed E-state index contributed by atoms with van der Waals surface area (Å²) in [6.07, 6.45) is 7.17. The molecule has 5 nitrogen and oxygen atoms in total. The van der Waals surface area contributed by atoms with Gasteiger partial charge in [0.2, 0.25) is 5.91 Å². The number of carbonyl (C=O) groups excluding carboxylic acids is 1. The molecular weight excluding hydrogens is 568 g/mol. The summed E-state index contributed by atoms with van der Waals surface area (Å²) < 4.78 is 32.0. The van der Waals surface area contributed by atoms with Gasteiger partial charge in [0.05, 0.1) is 18.6 Å². The molecular formula is C38H45F2N3O2. The minimum Gasteiger partial charge on any atom is -0.501 e. The zero-order valence-electron chi connectivity index (χ0n) is 27.5.